The predicted molar refractivity (Wildman–Crippen MR) is 102 cm³/mol. The van der Waals surface area contributed by atoms with Gasteiger partial charge in [-0.25, -0.2) is 12.7 Å². The lowest BCUT2D eigenvalue weighted by molar-refractivity contribution is 0.0954. The monoisotopic (exact) mass is 373 g/mol. The van der Waals surface area contributed by atoms with Gasteiger partial charge in [0, 0.05) is 45.0 Å². The fraction of sp³-hybridized carbons (Fsp3) is 0.316. The molecule has 1 N–H and O–H groups in total. The van der Waals surface area contributed by atoms with Crippen LogP contribution < -0.4 is 10.2 Å². The van der Waals surface area contributed by atoms with Crippen LogP contribution in [-0.4, -0.2) is 52.4 Å². The second kappa shape index (κ2) is 7.47. The summed E-state index contributed by atoms with van der Waals surface area (Å²) >= 11 is 0. The van der Waals surface area contributed by atoms with Crippen molar-refractivity contribution in [3.63, 3.8) is 0 Å². The zero-order chi connectivity index (χ0) is 18.7. The Morgan fingerprint density at radius 3 is 2.50 bits per heavy atom. The normalized spacial score (nSPS) is 13.7. The zero-order valence-corrected chi connectivity index (χ0v) is 15.8. The van der Waals surface area contributed by atoms with Gasteiger partial charge < -0.3 is 10.2 Å². The van der Waals surface area contributed by atoms with Crippen LogP contribution in [0.1, 0.15) is 15.9 Å². The molecular weight excluding hydrogens is 350 g/mol. The van der Waals surface area contributed by atoms with Crippen LogP contribution in [0, 0.1) is 0 Å². The van der Waals surface area contributed by atoms with E-state index in [-0.39, 0.29) is 10.8 Å². The molecule has 2 aromatic rings. The first-order chi connectivity index (χ1) is 12.4. The van der Waals surface area contributed by atoms with E-state index in [4.69, 9.17) is 0 Å². The van der Waals surface area contributed by atoms with E-state index in [1.807, 2.05) is 12.1 Å². The number of para-hydroxylation sites is 1. The Balaban J connectivity index is 1.56. The van der Waals surface area contributed by atoms with Gasteiger partial charge >= 0.3 is 0 Å². The molecule has 6 nitrogen and oxygen atoms in total. The van der Waals surface area contributed by atoms with Crippen molar-refractivity contribution in [2.45, 2.75) is 11.3 Å². The number of anilines is 1. The van der Waals surface area contributed by atoms with E-state index in [9.17, 15) is 13.2 Å². The predicted octanol–water partition coefficient (Wildman–Crippen LogP) is 1.73. The molecule has 0 saturated heterocycles. The average molecular weight is 373 g/mol. The largest absolute Gasteiger partial charge is 0.369 e. The van der Waals surface area contributed by atoms with E-state index in [2.05, 4.69) is 22.3 Å². The summed E-state index contributed by atoms with van der Waals surface area (Å²) in [6.07, 6.45) is 1.03. The molecule has 1 amide bonds. The summed E-state index contributed by atoms with van der Waals surface area (Å²) in [4.78, 5) is 14.7. The fourth-order valence-electron chi connectivity index (χ4n) is 3.03. The molecule has 1 heterocycles. The van der Waals surface area contributed by atoms with Crippen molar-refractivity contribution < 1.29 is 13.2 Å². The molecule has 1 aliphatic heterocycles. The standard InChI is InChI=1S/C19H23N3O3S/c1-21(2)26(24,25)17-9-7-16(8-10-17)19(23)20-12-14-22-13-11-15-5-3-4-6-18(15)22/h3-10H,11-14H2,1-2H3,(H,20,23). The van der Waals surface area contributed by atoms with Crippen LogP contribution in [0.4, 0.5) is 5.69 Å². The van der Waals surface area contributed by atoms with Crippen molar-refractivity contribution in [1.82, 2.24) is 9.62 Å². The molecule has 3 rings (SSSR count). The summed E-state index contributed by atoms with van der Waals surface area (Å²) in [7, 11) is -0.524. The Kier molecular flexibility index (Phi) is 5.29. The molecule has 0 fully saturated rings. The Hall–Kier alpha value is -2.38. The molecule has 0 radical (unpaired) electrons. The molecule has 0 spiro atoms. The first-order valence-electron chi connectivity index (χ1n) is 8.53. The second-order valence-corrected chi connectivity index (χ2v) is 8.59. The summed E-state index contributed by atoms with van der Waals surface area (Å²) in [5, 5.41) is 2.90. The van der Waals surface area contributed by atoms with Crippen LogP contribution in [0.25, 0.3) is 0 Å². The van der Waals surface area contributed by atoms with Gasteiger partial charge in [-0.15, -0.1) is 0 Å². The molecule has 0 unspecified atom stereocenters. The van der Waals surface area contributed by atoms with E-state index >= 15 is 0 Å². The highest BCUT2D eigenvalue weighted by molar-refractivity contribution is 7.89. The lowest BCUT2D eigenvalue weighted by Crippen LogP contribution is -2.34. The van der Waals surface area contributed by atoms with Crippen LogP contribution in [0.15, 0.2) is 53.4 Å². The molecule has 0 saturated carbocycles. The van der Waals surface area contributed by atoms with E-state index < -0.39 is 10.0 Å². The van der Waals surface area contributed by atoms with Gasteiger partial charge in [-0.05, 0) is 42.3 Å². The first-order valence-corrected chi connectivity index (χ1v) is 9.97. The number of benzene rings is 2. The number of carbonyl (C=O) groups excluding carboxylic acids is 1. The van der Waals surface area contributed by atoms with E-state index in [1.54, 1.807) is 0 Å². The number of rotatable bonds is 6. The van der Waals surface area contributed by atoms with Crippen molar-refractivity contribution in [3.8, 4) is 0 Å². The number of sulfonamides is 1. The van der Waals surface area contributed by atoms with Crippen molar-refractivity contribution in [2.75, 3.05) is 38.6 Å². The van der Waals surface area contributed by atoms with Crippen LogP contribution in [0.5, 0.6) is 0 Å². The van der Waals surface area contributed by atoms with Crippen molar-refractivity contribution in [2.24, 2.45) is 0 Å². The molecule has 2 aromatic carbocycles. The summed E-state index contributed by atoms with van der Waals surface area (Å²) in [6.45, 7) is 2.24. The van der Waals surface area contributed by atoms with Gasteiger partial charge in [-0.3, -0.25) is 4.79 Å². The van der Waals surface area contributed by atoms with Gasteiger partial charge in [0.2, 0.25) is 10.0 Å². The van der Waals surface area contributed by atoms with Gasteiger partial charge in [0.25, 0.3) is 5.91 Å². The van der Waals surface area contributed by atoms with Crippen LogP contribution in [-0.2, 0) is 16.4 Å². The van der Waals surface area contributed by atoms with E-state index in [0.29, 0.717) is 12.1 Å². The van der Waals surface area contributed by atoms with Gasteiger partial charge in [-0.2, -0.15) is 0 Å². The number of nitrogens with zero attached hydrogens (tertiary/aromatic N) is 2. The Labute approximate surface area is 154 Å². The van der Waals surface area contributed by atoms with Crippen LogP contribution >= 0.6 is 0 Å². The summed E-state index contributed by atoms with van der Waals surface area (Å²) in [6, 6.07) is 14.3. The highest BCUT2D eigenvalue weighted by Crippen LogP contribution is 2.26. The molecule has 0 atom stereocenters. The zero-order valence-electron chi connectivity index (χ0n) is 15.0. The number of fused-ring (bicyclic) bond motifs is 1. The highest BCUT2D eigenvalue weighted by Gasteiger charge is 2.19. The van der Waals surface area contributed by atoms with E-state index in [0.717, 1.165) is 23.8 Å². The number of carbonyl (C=O) groups is 1. The minimum atomic E-state index is -3.48. The Bertz CT molecular complexity index is 893. The first kappa shape index (κ1) is 18.4. The fourth-order valence-corrected chi connectivity index (χ4v) is 3.94. The lowest BCUT2D eigenvalue weighted by Gasteiger charge is -2.19. The molecule has 7 heteroatoms. The van der Waals surface area contributed by atoms with Crippen molar-refractivity contribution in [3.05, 3.63) is 59.7 Å². The third-order valence-electron chi connectivity index (χ3n) is 4.55. The van der Waals surface area contributed by atoms with Crippen molar-refractivity contribution in [1.29, 1.82) is 0 Å². The third kappa shape index (κ3) is 3.73. The molecule has 0 aliphatic carbocycles. The Morgan fingerprint density at radius 1 is 1.12 bits per heavy atom. The summed E-state index contributed by atoms with van der Waals surface area (Å²) in [5.41, 5.74) is 3.03. The third-order valence-corrected chi connectivity index (χ3v) is 6.38. The minimum absolute atomic E-state index is 0.174. The van der Waals surface area contributed by atoms with Gasteiger partial charge in [-0.1, -0.05) is 18.2 Å². The van der Waals surface area contributed by atoms with Gasteiger partial charge in [0.15, 0.2) is 0 Å². The van der Waals surface area contributed by atoms with E-state index in [1.165, 1.54) is 49.6 Å². The summed E-state index contributed by atoms with van der Waals surface area (Å²) in [5.74, 6) is -0.203. The molecule has 138 valence electrons. The number of amides is 1. The SMILES string of the molecule is CN(C)S(=O)(=O)c1ccc(C(=O)NCCN2CCc3ccccc32)cc1. The van der Waals surface area contributed by atoms with Crippen LogP contribution in [0.2, 0.25) is 0 Å². The number of hydrogen-bond donors (Lipinski definition) is 1. The lowest BCUT2D eigenvalue weighted by atomic mass is 10.2. The molecule has 26 heavy (non-hydrogen) atoms. The van der Waals surface area contributed by atoms with Gasteiger partial charge in [0.05, 0.1) is 4.90 Å². The number of hydrogen-bond acceptors (Lipinski definition) is 4. The quantitative estimate of drug-likeness (QED) is 0.837. The molecule has 0 bridgehead atoms. The second-order valence-electron chi connectivity index (χ2n) is 6.43. The van der Waals surface area contributed by atoms with Gasteiger partial charge in [0.1, 0.15) is 0 Å². The topological polar surface area (TPSA) is 69.7 Å². The smallest absolute Gasteiger partial charge is 0.251 e. The number of nitrogens with one attached hydrogen (secondary N) is 1. The van der Waals surface area contributed by atoms with Crippen LogP contribution in [0.3, 0.4) is 0 Å². The molecule has 0 aromatic heterocycles. The maximum absolute atomic E-state index is 12.3. The van der Waals surface area contributed by atoms with Crippen molar-refractivity contribution >= 4 is 21.6 Å². The Morgan fingerprint density at radius 2 is 1.81 bits per heavy atom. The maximum Gasteiger partial charge on any atom is 0.251 e. The molecular formula is C19H23N3O3S. The summed E-state index contributed by atoms with van der Waals surface area (Å²) < 4.78 is 25.3. The minimum Gasteiger partial charge on any atom is -0.369 e. The maximum atomic E-state index is 12.3. The average Bonchev–Trinajstić information content (AvgIpc) is 3.05. The molecule has 1 aliphatic rings. The highest BCUT2D eigenvalue weighted by atomic mass is 32.2.